The highest BCUT2D eigenvalue weighted by molar-refractivity contribution is 9.10. The molecule has 0 aromatic heterocycles. The number of amides is 2. The van der Waals surface area contributed by atoms with E-state index in [1.165, 1.54) is 30.3 Å². The van der Waals surface area contributed by atoms with Gasteiger partial charge in [0, 0.05) is 26.1 Å². The summed E-state index contributed by atoms with van der Waals surface area (Å²) in [5.41, 5.74) is 0.942. The third-order valence-electron chi connectivity index (χ3n) is 5.24. The molecule has 0 radical (unpaired) electrons. The first-order valence-electron chi connectivity index (χ1n) is 9.68. The topological polar surface area (TPSA) is 58.2 Å². The van der Waals surface area contributed by atoms with Gasteiger partial charge in [-0.2, -0.15) is 0 Å². The molecule has 0 heterocycles. The van der Waals surface area contributed by atoms with E-state index in [-0.39, 0.29) is 22.0 Å². The van der Waals surface area contributed by atoms with Gasteiger partial charge in [0.2, 0.25) is 5.91 Å². The molecular formula is C23H13BrCl5FN2O2. The van der Waals surface area contributed by atoms with E-state index in [4.69, 9.17) is 58.0 Å². The van der Waals surface area contributed by atoms with Crippen molar-refractivity contribution in [1.82, 2.24) is 0 Å². The van der Waals surface area contributed by atoms with Gasteiger partial charge >= 0.3 is 0 Å². The van der Waals surface area contributed by atoms with Crippen LogP contribution >= 0.6 is 73.9 Å². The van der Waals surface area contributed by atoms with Gasteiger partial charge in [0.25, 0.3) is 5.91 Å². The summed E-state index contributed by atoms with van der Waals surface area (Å²) in [6.07, 6.45) is 0. The second-order valence-electron chi connectivity index (χ2n) is 7.59. The van der Waals surface area contributed by atoms with Crippen LogP contribution in [0.1, 0.15) is 21.8 Å². The largest absolute Gasteiger partial charge is 0.326 e. The van der Waals surface area contributed by atoms with E-state index < -0.39 is 33.8 Å². The molecule has 1 aliphatic carbocycles. The van der Waals surface area contributed by atoms with Crippen LogP contribution in [-0.4, -0.2) is 16.1 Å². The number of carbonyl (C=O) groups is 2. The van der Waals surface area contributed by atoms with Gasteiger partial charge in [-0.05, 0) is 60.2 Å². The van der Waals surface area contributed by atoms with Crippen molar-refractivity contribution in [3.8, 4) is 0 Å². The highest BCUT2D eigenvalue weighted by Gasteiger charge is 2.67. The monoisotopic (exact) mass is 622 g/mol. The molecule has 0 saturated heterocycles. The van der Waals surface area contributed by atoms with Gasteiger partial charge < -0.3 is 10.6 Å². The normalized spacial score (nSPS) is 18.3. The summed E-state index contributed by atoms with van der Waals surface area (Å²) < 4.78 is 13.3. The van der Waals surface area contributed by atoms with Crippen molar-refractivity contribution >= 4 is 97.1 Å². The summed E-state index contributed by atoms with van der Waals surface area (Å²) >= 11 is 34.2. The van der Waals surface area contributed by atoms with E-state index in [0.717, 1.165) is 0 Å². The van der Waals surface area contributed by atoms with E-state index in [9.17, 15) is 14.0 Å². The Balaban J connectivity index is 1.52. The lowest BCUT2D eigenvalue weighted by Crippen LogP contribution is -2.18. The zero-order valence-electron chi connectivity index (χ0n) is 16.8. The third-order valence-corrected chi connectivity index (χ3v) is 7.44. The van der Waals surface area contributed by atoms with Gasteiger partial charge in [0.05, 0.1) is 22.2 Å². The average Bonchev–Trinajstić information content (AvgIpc) is 3.33. The van der Waals surface area contributed by atoms with Crippen molar-refractivity contribution in [2.75, 3.05) is 10.6 Å². The Hall–Kier alpha value is -1.54. The number of carbonyl (C=O) groups excluding carboxylic acids is 2. The molecule has 4 rings (SSSR count). The maximum Gasteiger partial charge on any atom is 0.257 e. The van der Waals surface area contributed by atoms with Crippen LogP contribution in [0.5, 0.6) is 0 Å². The maximum absolute atomic E-state index is 14.1. The molecule has 2 unspecified atom stereocenters. The Morgan fingerprint density at radius 3 is 2.24 bits per heavy atom. The van der Waals surface area contributed by atoms with Gasteiger partial charge in [0.15, 0.2) is 0 Å². The molecule has 0 aliphatic heterocycles. The zero-order valence-corrected chi connectivity index (χ0v) is 22.2. The second kappa shape index (κ2) is 9.84. The van der Waals surface area contributed by atoms with Gasteiger partial charge in [-0.3, -0.25) is 9.59 Å². The highest BCUT2D eigenvalue weighted by Crippen LogP contribution is 2.65. The first kappa shape index (κ1) is 25.5. The maximum atomic E-state index is 14.1. The number of halogens is 7. The van der Waals surface area contributed by atoms with Crippen molar-refractivity contribution in [2.24, 2.45) is 5.92 Å². The summed E-state index contributed by atoms with van der Waals surface area (Å²) in [5, 5.41) is 6.08. The smallest absolute Gasteiger partial charge is 0.257 e. The Labute approximate surface area is 227 Å². The van der Waals surface area contributed by atoms with E-state index in [1.807, 2.05) is 0 Å². The SMILES string of the molecule is O=C(Nc1ccc(Br)cc1F)c1cc(NC(=O)C2C(c3cc(Cl)cc(Cl)c3)C2(Cl)Cl)ccc1Cl. The number of rotatable bonds is 5. The number of benzene rings is 3. The van der Waals surface area contributed by atoms with Crippen molar-refractivity contribution in [2.45, 2.75) is 10.3 Å². The van der Waals surface area contributed by atoms with E-state index in [0.29, 0.717) is 20.1 Å². The van der Waals surface area contributed by atoms with Crippen molar-refractivity contribution in [3.05, 3.63) is 91.1 Å². The molecule has 0 bridgehead atoms. The highest BCUT2D eigenvalue weighted by atomic mass is 79.9. The fourth-order valence-electron chi connectivity index (χ4n) is 3.60. The lowest BCUT2D eigenvalue weighted by molar-refractivity contribution is -0.117. The molecule has 176 valence electrons. The van der Waals surface area contributed by atoms with Crippen LogP contribution in [0.25, 0.3) is 0 Å². The van der Waals surface area contributed by atoms with Crippen molar-refractivity contribution < 1.29 is 14.0 Å². The first-order valence-corrected chi connectivity index (χ1v) is 12.4. The Kier molecular flexibility index (Phi) is 7.40. The quantitative estimate of drug-likeness (QED) is 0.280. The summed E-state index contributed by atoms with van der Waals surface area (Å²) in [7, 11) is 0. The van der Waals surface area contributed by atoms with Crippen LogP contribution in [0.15, 0.2) is 59.1 Å². The summed E-state index contributed by atoms with van der Waals surface area (Å²) in [6.45, 7) is 0. The van der Waals surface area contributed by atoms with E-state index >= 15 is 0 Å². The van der Waals surface area contributed by atoms with E-state index in [1.54, 1.807) is 24.3 Å². The molecule has 3 aromatic rings. The number of anilines is 2. The molecule has 1 fully saturated rings. The third kappa shape index (κ3) is 5.32. The van der Waals surface area contributed by atoms with Crippen LogP contribution < -0.4 is 10.6 Å². The number of hydrogen-bond acceptors (Lipinski definition) is 2. The number of nitrogens with one attached hydrogen (secondary N) is 2. The Morgan fingerprint density at radius 2 is 1.59 bits per heavy atom. The van der Waals surface area contributed by atoms with Crippen LogP contribution in [0, 0.1) is 11.7 Å². The van der Waals surface area contributed by atoms with E-state index in [2.05, 4.69) is 26.6 Å². The number of alkyl halides is 2. The molecule has 11 heteroatoms. The molecule has 2 amide bonds. The van der Waals surface area contributed by atoms with Crippen molar-refractivity contribution in [1.29, 1.82) is 0 Å². The molecule has 3 aromatic carbocycles. The van der Waals surface area contributed by atoms with Crippen LogP contribution in [0.3, 0.4) is 0 Å². The molecule has 0 spiro atoms. The molecule has 1 aliphatic rings. The van der Waals surface area contributed by atoms with Crippen molar-refractivity contribution in [3.63, 3.8) is 0 Å². The average molecular weight is 626 g/mol. The molecule has 1 saturated carbocycles. The predicted molar refractivity (Wildman–Crippen MR) is 139 cm³/mol. The van der Waals surface area contributed by atoms with Crippen LogP contribution in [0.4, 0.5) is 15.8 Å². The minimum atomic E-state index is -1.36. The predicted octanol–water partition coefficient (Wildman–Crippen LogP) is 8.33. The lowest BCUT2D eigenvalue weighted by atomic mass is 10.1. The molecule has 34 heavy (non-hydrogen) atoms. The fraction of sp³-hybridized carbons (Fsp3) is 0.130. The minimum absolute atomic E-state index is 0.0197. The number of hydrogen-bond donors (Lipinski definition) is 2. The summed E-state index contributed by atoms with van der Waals surface area (Å²) in [6, 6.07) is 13.4. The molecule has 4 nitrogen and oxygen atoms in total. The molecular weight excluding hydrogens is 612 g/mol. The summed E-state index contributed by atoms with van der Waals surface area (Å²) in [5.74, 6) is -3.04. The first-order chi connectivity index (χ1) is 16.0. The van der Waals surface area contributed by atoms with Gasteiger partial charge in [-0.15, -0.1) is 23.2 Å². The van der Waals surface area contributed by atoms with Gasteiger partial charge in [0.1, 0.15) is 10.2 Å². The van der Waals surface area contributed by atoms with Crippen LogP contribution in [0.2, 0.25) is 15.1 Å². The lowest BCUT2D eigenvalue weighted by Gasteiger charge is -2.11. The van der Waals surface area contributed by atoms with Gasteiger partial charge in [-0.1, -0.05) is 50.7 Å². The second-order valence-corrected chi connectivity index (χ2v) is 11.2. The molecule has 2 N–H and O–H groups in total. The standard InChI is InChI=1S/C23H13BrCl5FN2O2/c24-11-1-4-18(17(30)7-11)32-21(33)15-9-14(2-3-16(15)27)31-22(34)20-19(23(20,28)29)10-5-12(25)8-13(26)6-10/h1-9,19-20H,(H,31,34)(H,32,33). The Morgan fingerprint density at radius 1 is 0.912 bits per heavy atom. The van der Waals surface area contributed by atoms with Gasteiger partial charge in [-0.25, -0.2) is 4.39 Å². The zero-order chi connectivity index (χ0) is 24.8. The Bertz CT molecular complexity index is 1300. The molecule has 2 atom stereocenters. The van der Waals surface area contributed by atoms with Crippen LogP contribution in [-0.2, 0) is 4.79 Å². The fourth-order valence-corrected chi connectivity index (χ4v) is 5.51. The minimum Gasteiger partial charge on any atom is -0.326 e. The summed E-state index contributed by atoms with van der Waals surface area (Å²) in [4.78, 5) is 25.7.